The van der Waals surface area contributed by atoms with E-state index in [0.29, 0.717) is 6.61 Å². The third-order valence-electron chi connectivity index (χ3n) is 2.33. The van der Waals surface area contributed by atoms with Gasteiger partial charge in [0.1, 0.15) is 0 Å². The lowest BCUT2D eigenvalue weighted by Gasteiger charge is -2.17. The normalized spacial score (nSPS) is 15.4. The first-order valence-electron chi connectivity index (χ1n) is 5.47. The van der Waals surface area contributed by atoms with E-state index in [1.165, 1.54) is 12.8 Å². The fourth-order valence-electron chi connectivity index (χ4n) is 1.48. The van der Waals surface area contributed by atoms with E-state index >= 15 is 0 Å². The van der Waals surface area contributed by atoms with Crippen molar-refractivity contribution in [1.82, 2.24) is 5.32 Å². The second kappa shape index (κ2) is 9.44. The fraction of sp³-hybridized carbons (Fsp3) is 1.00. The van der Waals surface area contributed by atoms with Crippen LogP contribution in [-0.2, 0) is 9.47 Å². The van der Waals surface area contributed by atoms with Gasteiger partial charge in [0, 0.05) is 20.8 Å². The molecule has 0 spiro atoms. The van der Waals surface area contributed by atoms with E-state index in [1.807, 2.05) is 0 Å². The Bertz CT molecular complexity index is 120. The van der Waals surface area contributed by atoms with Crippen molar-refractivity contribution in [1.29, 1.82) is 0 Å². The molecule has 2 unspecified atom stereocenters. The van der Waals surface area contributed by atoms with E-state index in [1.54, 1.807) is 14.2 Å². The summed E-state index contributed by atoms with van der Waals surface area (Å²) in [6.07, 6.45) is 2.72. The van der Waals surface area contributed by atoms with Gasteiger partial charge in [-0.15, -0.1) is 0 Å². The van der Waals surface area contributed by atoms with Crippen LogP contribution in [0.1, 0.15) is 26.7 Å². The Kier molecular flexibility index (Phi) is 9.35. The van der Waals surface area contributed by atoms with Crippen LogP contribution in [0.4, 0.5) is 0 Å². The molecule has 0 saturated heterocycles. The highest BCUT2D eigenvalue weighted by Crippen LogP contribution is 2.02. The minimum absolute atomic E-state index is 0.175. The van der Waals surface area contributed by atoms with E-state index < -0.39 is 0 Å². The average molecular weight is 203 g/mol. The lowest BCUT2D eigenvalue weighted by Crippen LogP contribution is -2.34. The zero-order valence-electron chi connectivity index (χ0n) is 10.0. The first-order valence-corrected chi connectivity index (χ1v) is 5.47. The summed E-state index contributed by atoms with van der Waals surface area (Å²) in [6.45, 7) is 7.09. The molecule has 0 saturated carbocycles. The predicted octanol–water partition coefficient (Wildman–Crippen LogP) is 1.67. The van der Waals surface area contributed by atoms with Crippen molar-refractivity contribution in [2.24, 2.45) is 5.92 Å². The maximum absolute atomic E-state index is 5.24. The van der Waals surface area contributed by atoms with Crippen molar-refractivity contribution in [3.8, 4) is 0 Å². The Morgan fingerprint density at radius 3 is 2.43 bits per heavy atom. The van der Waals surface area contributed by atoms with Crippen LogP contribution in [0.5, 0.6) is 0 Å². The number of hydrogen-bond donors (Lipinski definition) is 1. The number of rotatable bonds is 9. The number of nitrogens with one attached hydrogen (secondary N) is 1. The Labute approximate surface area is 88.2 Å². The van der Waals surface area contributed by atoms with E-state index in [0.717, 1.165) is 19.0 Å². The highest BCUT2D eigenvalue weighted by atomic mass is 16.5. The molecule has 0 heterocycles. The summed E-state index contributed by atoms with van der Waals surface area (Å²) in [6, 6.07) is 0. The SMILES string of the molecule is CCCC(C)CNCC(COC)OC. The largest absolute Gasteiger partial charge is 0.382 e. The van der Waals surface area contributed by atoms with Gasteiger partial charge < -0.3 is 14.8 Å². The molecular weight excluding hydrogens is 178 g/mol. The number of hydrogen-bond acceptors (Lipinski definition) is 3. The third kappa shape index (κ3) is 7.30. The predicted molar refractivity (Wildman–Crippen MR) is 59.6 cm³/mol. The van der Waals surface area contributed by atoms with Gasteiger partial charge in [-0.2, -0.15) is 0 Å². The summed E-state index contributed by atoms with van der Waals surface area (Å²) in [5.74, 6) is 0.750. The van der Waals surface area contributed by atoms with E-state index in [4.69, 9.17) is 9.47 Å². The Morgan fingerprint density at radius 2 is 1.93 bits per heavy atom. The monoisotopic (exact) mass is 203 g/mol. The summed E-state index contributed by atoms with van der Waals surface area (Å²) in [7, 11) is 3.42. The van der Waals surface area contributed by atoms with Crippen LogP contribution in [0.3, 0.4) is 0 Å². The van der Waals surface area contributed by atoms with Crippen LogP contribution in [0.15, 0.2) is 0 Å². The molecule has 0 aromatic heterocycles. The second-order valence-corrected chi connectivity index (χ2v) is 3.87. The minimum Gasteiger partial charge on any atom is -0.382 e. The Hall–Kier alpha value is -0.120. The molecule has 0 radical (unpaired) electrons. The molecule has 0 aromatic carbocycles. The van der Waals surface area contributed by atoms with Crippen molar-refractivity contribution in [2.45, 2.75) is 32.8 Å². The van der Waals surface area contributed by atoms with Crippen molar-refractivity contribution in [3.63, 3.8) is 0 Å². The molecule has 86 valence electrons. The molecule has 0 aromatic rings. The summed E-state index contributed by atoms with van der Waals surface area (Å²) in [4.78, 5) is 0. The molecule has 3 heteroatoms. The molecule has 0 fully saturated rings. The molecule has 14 heavy (non-hydrogen) atoms. The quantitative estimate of drug-likeness (QED) is 0.618. The van der Waals surface area contributed by atoms with Gasteiger partial charge in [0.2, 0.25) is 0 Å². The fourth-order valence-corrected chi connectivity index (χ4v) is 1.48. The molecular formula is C11H25NO2. The van der Waals surface area contributed by atoms with Gasteiger partial charge in [-0.25, -0.2) is 0 Å². The Balaban J connectivity index is 3.40. The third-order valence-corrected chi connectivity index (χ3v) is 2.33. The smallest absolute Gasteiger partial charge is 0.0928 e. The van der Waals surface area contributed by atoms with E-state index in [2.05, 4.69) is 19.2 Å². The highest BCUT2D eigenvalue weighted by molar-refractivity contribution is 4.62. The first-order chi connectivity index (χ1) is 6.74. The first kappa shape index (κ1) is 13.9. The minimum atomic E-state index is 0.175. The summed E-state index contributed by atoms with van der Waals surface area (Å²) < 4.78 is 10.3. The molecule has 2 atom stereocenters. The van der Waals surface area contributed by atoms with Crippen LogP contribution in [0.25, 0.3) is 0 Å². The maximum atomic E-state index is 5.24. The summed E-state index contributed by atoms with van der Waals surface area (Å²) in [5.41, 5.74) is 0. The van der Waals surface area contributed by atoms with Gasteiger partial charge in [0.15, 0.2) is 0 Å². The molecule has 0 aliphatic heterocycles. The van der Waals surface area contributed by atoms with E-state index in [9.17, 15) is 0 Å². The summed E-state index contributed by atoms with van der Waals surface area (Å²) in [5, 5.41) is 3.40. The molecule has 0 aliphatic carbocycles. The van der Waals surface area contributed by atoms with Crippen molar-refractivity contribution in [2.75, 3.05) is 33.9 Å². The maximum Gasteiger partial charge on any atom is 0.0928 e. The van der Waals surface area contributed by atoms with Gasteiger partial charge in [-0.1, -0.05) is 20.3 Å². The summed E-state index contributed by atoms with van der Waals surface area (Å²) >= 11 is 0. The van der Waals surface area contributed by atoms with Gasteiger partial charge in [-0.3, -0.25) is 0 Å². The molecule has 0 rings (SSSR count). The van der Waals surface area contributed by atoms with Gasteiger partial charge in [0.05, 0.1) is 12.7 Å². The average Bonchev–Trinajstić information content (AvgIpc) is 2.17. The topological polar surface area (TPSA) is 30.5 Å². The number of methoxy groups -OCH3 is 2. The van der Waals surface area contributed by atoms with Crippen LogP contribution < -0.4 is 5.32 Å². The van der Waals surface area contributed by atoms with Gasteiger partial charge in [0.25, 0.3) is 0 Å². The van der Waals surface area contributed by atoms with Crippen LogP contribution in [-0.4, -0.2) is 40.0 Å². The number of ether oxygens (including phenoxy) is 2. The highest BCUT2D eigenvalue weighted by Gasteiger charge is 2.06. The second-order valence-electron chi connectivity index (χ2n) is 3.87. The molecule has 0 aliphatic rings. The van der Waals surface area contributed by atoms with E-state index in [-0.39, 0.29) is 6.10 Å². The van der Waals surface area contributed by atoms with Crippen molar-refractivity contribution < 1.29 is 9.47 Å². The molecule has 3 nitrogen and oxygen atoms in total. The molecule has 0 amide bonds. The Morgan fingerprint density at radius 1 is 1.21 bits per heavy atom. The van der Waals surface area contributed by atoms with Crippen LogP contribution in [0, 0.1) is 5.92 Å². The van der Waals surface area contributed by atoms with Gasteiger partial charge in [-0.05, 0) is 18.9 Å². The molecule has 1 N–H and O–H groups in total. The standard InChI is InChI=1S/C11H25NO2/c1-5-6-10(2)7-12-8-11(14-4)9-13-3/h10-12H,5-9H2,1-4H3. The lowest BCUT2D eigenvalue weighted by atomic mass is 10.1. The zero-order chi connectivity index (χ0) is 10.8. The van der Waals surface area contributed by atoms with Crippen LogP contribution in [0.2, 0.25) is 0 Å². The van der Waals surface area contributed by atoms with Crippen LogP contribution >= 0.6 is 0 Å². The zero-order valence-corrected chi connectivity index (χ0v) is 10.0. The lowest BCUT2D eigenvalue weighted by molar-refractivity contribution is 0.0285. The molecule has 0 bridgehead atoms. The van der Waals surface area contributed by atoms with Crippen molar-refractivity contribution in [3.05, 3.63) is 0 Å². The van der Waals surface area contributed by atoms with Gasteiger partial charge >= 0.3 is 0 Å². The van der Waals surface area contributed by atoms with Crippen molar-refractivity contribution >= 4 is 0 Å².